The fraction of sp³-hybridized carbons (Fsp3) is 0.355. The smallest absolute Gasteiger partial charge is 0.254 e. The molecule has 0 aliphatic carbocycles. The Bertz CT molecular complexity index is 1600. The van der Waals surface area contributed by atoms with Gasteiger partial charge in [0.2, 0.25) is 5.91 Å². The first-order valence-corrected chi connectivity index (χ1v) is 14.1. The van der Waals surface area contributed by atoms with Gasteiger partial charge < -0.3 is 26.0 Å². The fourth-order valence-electron chi connectivity index (χ4n) is 5.18. The topological polar surface area (TPSA) is 127 Å². The lowest BCUT2D eigenvalue weighted by Crippen LogP contribution is -2.44. The monoisotopic (exact) mass is 573 g/mol. The minimum absolute atomic E-state index is 0.0402. The van der Waals surface area contributed by atoms with Gasteiger partial charge in [0.15, 0.2) is 23.0 Å². The highest BCUT2D eigenvalue weighted by molar-refractivity contribution is 5.96. The Morgan fingerprint density at radius 1 is 1.17 bits per heavy atom. The van der Waals surface area contributed by atoms with Crippen molar-refractivity contribution in [3.8, 4) is 17.0 Å². The number of carbonyl (C=O) groups is 2. The zero-order valence-electron chi connectivity index (χ0n) is 24.1. The highest BCUT2D eigenvalue weighted by Crippen LogP contribution is 2.29. The first-order chi connectivity index (χ1) is 20.3. The highest BCUT2D eigenvalue weighted by atomic mass is 19.1. The summed E-state index contributed by atoms with van der Waals surface area (Å²) in [5, 5.41) is 6.29. The molecule has 0 bridgehead atoms. The number of ether oxygens (including phenoxy) is 1. The van der Waals surface area contributed by atoms with E-state index in [1.165, 1.54) is 13.2 Å². The lowest BCUT2D eigenvalue weighted by molar-refractivity contribution is -0.126. The summed E-state index contributed by atoms with van der Waals surface area (Å²) >= 11 is 0. The Hall–Kier alpha value is -4.51. The van der Waals surface area contributed by atoms with Gasteiger partial charge in [0.25, 0.3) is 5.91 Å². The number of amides is 2. The number of halogens is 1. The number of rotatable bonds is 9. The van der Waals surface area contributed by atoms with E-state index in [4.69, 9.17) is 10.5 Å². The molecule has 1 unspecified atom stereocenters. The van der Waals surface area contributed by atoms with Crippen molar-refractivity contribution >= 4 is 29.0 Å². The predicted molar refractivity (Wildman–Crippen MR) is 159 cm³/mol. The van der Waals surface area contributed by atoms with Crippen LogP contribution in [0.1, 0.15) is 35.7 Å². The molecule has 1 aliphatic rings. The van der Waals surface area contributed by atoms with Gasteiger partial charge in [-0.25, -0.2) is 14.4 Å². The summed E-state index contributed by atoms with van der Waals surface area (Å²) in [6.45, 7) is 6.08. The molecule has 2 aromatic heterocycles. The lowest BCUT2D eigenvalue weighted by atomic mass is 9.94. The zero-order chi connectivity index (χ0) is 29.8. The van der Waals surface area contributed by atoms with E-state index in [2.05, 4.69) is 20.6 Å². The van der Waals surface area contributed by atoms with Gasteiger partial charge in [-0.15, -0.1) is 0 Å². The molecule has 3 heterocycles. The Labute approximate surface area is 244 Å². The third kappa shape index (κ3) is 6.06. The molecule has 0 radical (unpaired) electrons. The molecule has 10 nitrogen and oxygen atoms in total. The Morgan fingerprint density at radius 3 is 2.64 bits per heavy atom. The van der Waals surface area contributed by atoms with E-state index < -0.39 is 5.82 Å². The van der Waals surface area contributed by atoms with Crippen molar-refractivity contribution in [1.82, 2.24) is 24.6 Å². The van der Waals surface area contributed by atoms with Crippen LogP contribution in [0, 0.1) is 24.6 Å². The van der Waals surface area contributed by atoms with Gasteiger partial charge in [-0.2, -0.15) is 0 Å². The van der Waals surface area contributed by atoms with Crippen molar-refractivity contribution in [2.24, 2.45) is 17.6 Å². The Balaban J connectivity index is 1.26. The van der Waals surface area contributed by atoms with Crippen LogP contribution in [0.3, 0.4) is 0 Å². The standard InChI is InChI=1S/C31H36FN7O3/c1-19(16-33)17-36-30(40)21-8-11-38(12-9-21)31(41)24-6-5-23(14-20(24)2)37-28-29-35-18-26(39(29)13-10-34-28)22-4-7-27(42-3)25(32)15-22/h4-7,10,13-15,18-19,21H,8-9,11-12,16-17,33H2,1-3H3,(H,34,37)(H,36,40). The molecule has 1 saturated heterocycles. The van der Waals surface area contributed by atoms with E-state index in [0.29, 0.717) is 67.3 Å². The summed E-state index contributed by atoms with van der Waals surface area (Å²) in [5.41, 5.74) is 9.78. The van der Waals surface area contributed by atoms with Crippen molar-refractivity contribution < 1.29 is 18.7 Å². The molecule has 4 N–H and O–H groups in total. The summed E-state index contributed by atoms with van der Waals surface area (Å²) in [6, 6.07) is 10.3. The summed E-state index contributed by atoms with van der Waals surface area (Å²) in [4.78, 5) is 36.6. The zero-order valence-corrected chi connectivity index (χ0v) is 24.1. The highest BCUT2D eigenvalue weighted by Gasteiger charge is 2.28. The molecule has 2 amide bonds. The maximum absolute atomic E-state index is 14.3. The molecule has 0 saturated carbocycles. The van der Waals surface area contributed by atoms with E-state index in [-0.39, 0.29) is 29.4 Å². The number of benzene rings is 2. The summed E-state index contributed by atoms with van der Waals surface area (Å²) in [5.74, 6) is 0.395. The largest absolute Gasteiger partial charge is 0.494 e. The van der Waals surface area contributed by atoms with Crippen LogP contribution in [-0.4, -0.2) is 64.4 Å². The van der Waals surface area contributed by atoms with Crippen molar-refractivity contribution in [1.29, 1.82) is 0 Å². The van der Waals surface area contributed by atoms with Gasteiger partial charge in [0, 0.05) is 54.8 Å². The van der Waals surface area contributed by atoms with Crippen molar-refractivity contribution in [3.05, 3.63) is 71.9 Å². The third-order valence-electron chi connectivity index (χ3n) is 7.78. The van der Waals surface area contributed by atoms with Gasteiger partial charge in [-0.1, -0.05) is 6.92 Å². The molecular formula is C31H36FN7O3. The normalized spacial score (nSPS) is 14.5. The molecule has 1 aliphatic heterocycles. The maximum atomic E-state index is 14.3. The average molecular weight is 574 g/mol. The second kappa shape index (κ2) is 12.6. The maximum Gasteiger partial charge on any atom is 0.254 e. The van der Waals surface area contributed by atoms with Gasteiger partial charge >= 0.3 is 0 Å². The second-order valence-corrected chi connectivity index (χ2v) is 10.8. The van der Waals surface area contributed by atoms with Crippen molar-refractivity contribution in [2.45, 2.75) is 26.7 Å². The number of carbonyl (C=O) groups excluding carboxylic acids is 2. The number of likely N-dealkylation sites (tertiary alicyclic amines) is 1. The number of piperidine rings is 1. The van der Waals surface area contributed by atoms with Crippen LogP contribution in [0.2, 0.25) is 0 Å². The first kappa shape index (κ1) is 29.0. The number of hydrogen-bond acceptors (Lipinski definition) is 7. The minimum Gasteiger partial charge on any atom is -0.494 e. The van der Waals surface area contributed by atoms with E-state index in [1.807, 2.05) is 41.3 Å². The summed E-state index contributed by atoms with van der Waals surface area (Å²) < 4.78 is 21.2. The third-order valence-corrected chi connectivity index (χ3v) is 7.78. The van der Waals surface area contributed by atoms with E-state index in [9.17, 15) is 14.0 Å². The fourth-order valence-corrected chi connectivity index (χ4v) is 5.18. The lowest BCUT2D eigenvalue weighted by Gasteiger charge is -2.32. The molecule has 5 rings (SSSR count). The summed E-state index contributed by atoms with van der Waals surface area (Å²) in [7, 11) is 1.43. The van der Waals surface area contributed by atoms with Crippen LogP contribution in [-0.2, 0) is 4.79 Å². The van der Waals surface area contributed by atoms with Crippen LogP contribution in [0.25, 0.3) is 16.9 Å². The number of hydrogen-bond donors (Lipinski definition) is 3. The number of methoxy groups -OCH3 is 1. The van der Waals surface area contributed by atoms with Crippen LogP contribution in [0.15, 0.2) is 55.0 Å². The van der Waals surface area contributed by atoms with E-state index in [1.54, 1.807) is 30.7 Å². The Morgan fingerprint density at radius 2 is 1.95 bits per heavy atom. The number of anilines is 2. The van der Waals surface area contributed by atoms with Crippen LogP contribution >= 0.6 is 0 Å². The number of nitrogens with two attached hydrogens (primary N) is 1. The van der Waals surface area contributed by atoms with E-state index >= 15 is 0 Å². The quantitative estimate of drug-likeness (QED) is 0.274. The molecular weight excluding hydrogens is 537 g/mol. The second-order valence-electron chi connectivity index (χ2n) is 10.8. The Kier molecular flexibility index (Phi) is 8.67. The molecule has 0 spiro atoms. The minimum atomic E-state index is -0.453. The number of imidazole rings is 1. The predicted octanol–water partition coefficient (Wildman–Crippen LogP) is 4.16. The number of nitrogens with one attached hydrogen (secondary N) is 2. The van der Waals surface area contributed by atoms with Crippen LogP contribution in [0.4, 0.5) is 15.9 Å². The molecule has 42 heavy (non-hydrogen) atoms. The summed E-state index contributed by atoms with van der Waals surface area (Å²) in [6.07, 6.45) is 6.36. The molecule has 4 aromatic rings. The van der Waals surface area contributed by atoms with Crippen molar-refractivity contribution in [2.75, 3.05) is 38.6 Å². The number of fused-ring (bicyclic) bond motifs is 1. The molecule has 11 heteroatoms. The molecule has 1 fully saturated rings. The van der Waals surface area contributed by atoms with Gasteiger partial charge in [0.1, 0.15) is 0 Å². The number of aromatic nitrogens is 3. The molecule has 2 aromatic carbocycles. The number of aryl methyl sites for hydroxylation is 1. The van der Waals surface area contributed by atoms with Crippen LogP contribution in [0.5, 0.6) is 5.75 Å². The average Bonchev–Trinajstić information content (AvgIpc) is 3.45. The van der Waals surface area contributed by atoms with Crippen molar-refractivity contribution in [3.63, 3.8) is 0 Å². The number of nitrogens with zero attached hydrogens (tertiary/aromatic N) is 4. The SMILES string of the molecule is COc1ccc(-c2cnc3c(Nc4ccc(C(=O)N5CCC(C(=O)NCC(C)CN)CC5)c(C)c4)nccn23)cc1F. The van der Waals surface area contributed by atoms with Gasteiger partial charge in [0.05, 0.1) is 19.0 Å². The van der Waals surface area contributed by atoms with Crippen LogP contribution < -0.4 is 21.1 Å². The van der Waals surface area contributed by atoms with Gasteiger partial charge in [-0.05, 0) is 74.2 Å². The first-order valence-electron chi connectivity index (χ1n) is 14.1. The van der Waals surface area contributed by atoms with E-state index in [0.717, 1.165) is 11.3 Å². The van der Waals surface area contributed by atoms with Gasteiger partial charge in [-0.3, -0.25) is 14.0 Å². The molecule has 220 valence electrons. The molecule has 1 atom stereocenters.